The van der Waals surface area contributed by atoms with Crippen molar-refractivity contribution < 1.29 is 23.2 Å². The Kier molecular flexibility index (Phi) is 5.56. The van der Waals surface area contributed by atoms with Crippen LogP contribution in [0.15, 0.2) is 63.5 Å². The molecule has 2 heterocycles. The second-order valence-corrected chi connectivity index (χ2v) is 6.53. The van der Waals surface area contributed by atoms with Crippen molar-refractivity contribution in [2.24, 2.45) is 0 Å². The third kappa shape index (κ3) is 4.22. The summed E-state index contributed by atoms with van der Waals surface area (Å²) in [6.45, 7) is 3.74. The van der Waals surface area contributed by atoms with Crippen molar-refractivity contribution in [3.63, 3.8) is 0 Å². The van der Waals surface area contributed by atoms with Gasteiger partial charge in [-0.3, -0.25) is 0 Å². The van der Waals surface area contributed by atoms with Crippen molar-refractivity contribution in [2.75, 3.05) is 0 Å². The van der Waals surface area contributed by atoms with E-state index in [0.29, 0.717) is 23.0 Å². The highest BCUT2D eigenvalue weighted by Crippen LogP contribution is 2.23. The number of carbonyl (C=O) groups excluding carboxylic acids is 1. The minimum atomic E-state index is -0.552. The number of rotatable bonds is 7. The van der Waals surface area contributed by atoms with Gasteiger partial charge in [0, 0.05) is 5.56 Å². The maximum atomic E-state index is 12.6. The fraction of sp³-hybridized carbons (Fsp3) is 0.182. The van der Waals surface area contributed by atoms with Gasteiger partial charge >= 0.3 is 5.97 Å². The van der Waals surface area contributed by atoms with Crippen molar-refractivity contribution in [3.05, 3.63) is 83.1 Å². The van der Waals surface area contributed by atoms with Gasteiger partial charge in [-0.2, -0.15) is 0 Å². The Hall–Kier alpha value is -3.94. The van der Waals surface area contributed by atoms with E-state index in [-0.39, 0.29) is 19.1 Å². The minimum Gasteiger partial charge on any atom is -0.488 e. The van der Waals surface area contributed by atoms with Crippen LogP contribution < -0.4 is 4.74 Å². The first-order valence-corrected chi connectivity index (χ1v) is 9.30. The largest absolute Gasteiger partial charge is 0.488 e. The highest BCUT2D eigenvalue weighted by molar-refractivity contribution is 5.92. The van der Waals surface area contributed by atoms with Crippen molar-refractivity contribution >= 4 is 5.97 Å². The van der Waals surface area contributed by atoms with Crippen molar-refractivity contribution in [1.82, 2.24) is 15.4 Å². The van der Waals surface area contributed by atoms with Gasteiger partial charge < -0.3 is 18.4 Å². The molecule has 4 aromatic rings. The lowest BCUT2D eigenvalue weighted by Crippen LogP contribution is -2.08. The van der Waals surface area contributed by atoms with Gasteiger partial charge in [-0.1, -0.05) is 35.5 Å². The first-order valence-electron chi connectivity index (χ1n) is 9.30. The summed E-state index contributed by atoms with van der Waals surface area (Å²) >= 11 is 0. The van der Waals surface area contributed by atoms with Crippen LogP contribution in [0.1, 0.15) is 33.3 Å². The predicted molar refractivity (Wildman–Crippen MR) is 106 cm³/mol. The van der Waals surface area contributed by atoms with Gasteiger partial charge in [0.2, 0.25) is 5.89 Å². The molecule has 0 saturated heterocycles. The van der Waals surface area contributed by atoms with Crippen LogP contribution in [-0.2, 0) is 18.0 Å². The Labute approximate surface area is 172 Å². The molecule has 4 rings (SSSR count). The first kappa shape index (κ1) is 19.4. The van der Waals surface area contributed by atoms with E-state index in [9.17, 15) is 4.79 Å². The van der Waals surface area contributed by atoms with E-state index in [1.165, 1.54) is 0 Å². The molecule has 0 aliphatic carbocycles. The Morgan fingerprint density at radius 1 is 0.967 bits per heavy atom. The molecule has 0 bridgehead atoms. The quantitative estimate of drug-likeness (QED) is 0.420. The number of nitrogens with zero attached hydrogens (tertiary/aromatic N) is 3. The fourth-order valence-corrected chi connectivity index (χ4v) is 2.83. The average molecular weight is 405 g/mol. The lowest BCUT2D eigenvalue weighted by atomic mass is 10.2. The Morgan fingerprint density at radius 3 is 2.50 bits per heavy atom. The molecule has 0 atom stereocenters. The molecule has 0 fully saturated rings. The summed E-state index contributed by atoms with van der Waals surface area (Å²) in [5.41, 5.74) is 2.68. The Balaban J connectivity index is 1.41. The van der Waals surface area contributed by atoms with E-state index in [1.54, 1.807) is 24.3 Å². The first-order chi connectivity index (χ1) is 14.6. The van der Waals surface area contributed by atoms with Crippen molar-refractivity contribution in [3.8, 4) is 17.2 Å². The second-order valence-electron chi connectivity index (χ2n) is 6.53. The number of ether oxygens (including phenoxy) is 2. The monoisotopic (exact) mass is 405 g/mol. The second kappa shape index (κ2) is 8.60. The van der Waals surface area contributed by atoms with Gasteiger partial charge in [0.25, 0.3) is 5.89 Å². The summed E-state index contributed by atoms with van der Waals surface area (Å²) in [6, 6.07) is 16.2. The zero-order valence-electron chi connectivity index (χ0n) is 16.5. The molecule has 0 aliphatic heterocycles. The predicted octanol–water partition coefficient (Wildman–Crippen LogP) is 4.28. The number of aromatic nitrogens is 3. The van der Waals surface area contributed by atoms with Gasteiger partial charge in [-0.05, 0) is 38.1 Å². The van der Waals surface area contributed by atoms with E-state index >= 15 is 0 Å². The van der Waals surface area contributed by atoms with Crippen LogP contribution in [0.4, 0.5) is 0 Å². The van der Waals surface area contributed by atoms with Crippen LogP contribution >= 0.6 is 0 Å². The SMILES string of the molecule is Cc1noc(C)c1COc1ccccc1C(=O)OCc1nnc(-c2ccccc2)o1. The molecular weight excluding hydrogens is 386 g/mol. The molecule has 0 aliphatic rings. The number of hydrogen-bond donors (Lipinski definition) is 0. The van der Waals surface area contributed by atoms with Crippen LogP contribution in [0.3, 0.4) is 0 Å². The van der Waals surface area contributed by atoms with E-state index < -0.39 is 5.97 Å². The normalized spacial score (nSPS) is 10.7. The number of hydrogen-bond acceptors (Lipinski definition) is 8. The zero-order chi connectivity index (χ0) is 20.9. The summed E-state index contributed by atoms with van der Waals surface area (Å²) in [5.74, 6) is 1.10. The number of benzene rings is 2. The molecule has 0 amide bonds. The molecule has 30 heavy (non-hydrogen) atoms. The van der Waals surface area contributed by atoms with Gasteiger partial charge in [0.1, 0.15) is 23.7 Å². The lowest BCUT2D eigenvalue weighted by molar-refractivity contribution is 0.0433. The Morgan fingerprint density at radius 2 is 1.73 bits per heavy atom. The number of aryl methyl sites for hydroxylation is 2. The van der Waals surface area contributed by atoms with E-state index in [4.69, 9.17) is 18.4 Å². The molecule has 152 valence electrons. The van der Waals surface area contributed by atoms with E-state index in [2.05, 4.69) is 15.4 Å². The lowest BCUT2D eigenvalue weighted by Gasteiger charge is -2.10. The molecule has 8 heteroatoms. The zero-order valence-corrected chi connectivity index (χ0v) is 16.5. The molecule has 0 unspecified atom stereocenters. The van der Waals surface area contributed by atoms with Crippen LogP contribution in [0.2, 0.25) is 0 Å². The molecule has 0 spiro atoms. The smallest absolute Gasteiger partial charge is 0.342 e. The Bertz CT molecular complexity index is 1130. The molecule has 0 radical (unpaired) electrons. The molecule has 2 aromatic carbocycles. The summed E-state index contributed by atoms with van der Waals surface area (Å²) in [4.78, 5) is 12.6. The third-order valence-corrected chi connectivity index (χ3v) is 4.47. The van der Waals surface area contributed by atoms with Gasteiger partial charge in [0.15, 0.2) is 6.61 Å². The fourth-order valence-electron chi connectivity index (χ4n) is 2.83. The molecule has 2 aromatic heterocycles. The third-order valence-electron chi connectivity index (χ3n) is 4.47. The standard InChI is InChI=1S/C22H19N3O5/c1-14-18(15(2)30-25-14)12-27-19-11-7-6-10-17(19)22(26)28-13-20-23-24-21(29-20)16-8-4-3-5-9-16/h3-11H,12-13H2,1-2H3. The number of para-hydroxylation sites is 1. The van der Waals surface area contributed by atoms with E-state index in [0.717, 1.165) is 16.8 Å². The molecule has 0 N–H and O–H groups in total. The number of carbonyl (C=O) groups is 1. The van der Waals surface area contributed by atoms with Gasteiger partial charge in [-0.15, -0.1) is 10.2 Å². The van der Waals surface area contributed by atoms with Gasteiger partial charge in [-0.25, -0.2) is 4.79 Å². The topological polar surface area (TPSA) is 100 Å². The highest BCUT2D eigenvalue weighted by Gasteiger charge is 2.17. The maximum absolute atomic E-state index is 12.6. The molecule has 8 nitrogen and oxygen atoms in total. The van der Waals surface area contributed by atoms with E-state index in [1.807, 2.05) is 44.2 Å². The van der Waals surface area contributed by atoms with Crippen LogP contribution in [0.5, 0.6) is 5.75 Å². The van der Waals surface area contributed by atoms with Crippen LogP contribution in [0, 0.1) is 13.8 Å². The van der Waals surface area contributed by atoms with Crippen LogP contribution in [0.25, 0.3) is 11.5 Å². The van der Waals surface area contributed by atoms with Gasteiger partial charge in [0.05, 0.1) is 11.3 Å². The van der Waals surface area contributed by atoms with Crippen LogP contribution in [-0.4, -0.2) is 21.3 Å². The summed E-state index contributed by atoms with van der Waals surface area (Å²) in [6.07, 6.45) is 0. The maximum Gasteiger partial charge on any atom is 0.342 e. The van der Waals surface area contributed by atoms with Crippen molar-refractivity contribution in [1.29, 1.82) is 0 Å². The van der Waals surface area contributed by atoms with Crippen molar-refractivity contribution in [2.45, 2.75) is 27.1 Å². The highest BCUT2D eigenvalue weighted by atomic mass is 16.5. The summed E-state index contributed by atoms with van der Waals surface area (Å²) in [5, 5.41) is 11.8. The summed E-state index contributed by atoms with van der Waals surface area (Å²) < 4.78 is 21.9. The minimum absolute atomic E-state index is 0.142. The average Bonchev–Trinajstić information content (AvgIpc) is 3.38. The summed E-state index contributed by atoms with van der Waals surface area (Å²) in [7, 11) is 0. The molecule has 0 saturated carbocycles. The number of esters is 1. The molecular formula is C22H19N3O5.